The van der Waals surface area contributed by atoms with Crippen LogP contribution in [0.1, 0.15) is 44.5 Å². The molecule has 10 nitrogen and oxygen atoms in total. The van der Waals surface area contributed by atoms with E-state index in [1.165, 1.54) is 0 Å². The van der Waals surface area contributed by atoms with Gasteiger partial charge in [0.2, 0.25) is 27.8 Å². The molecule has 0 aliphatic heterocycles. The minimum atomic E-state index is -3.56. The van der Waals surface area contributed by atoms with Crippen molar-refractivity contribution in [3.05, 3.63) is 29.7 Å². The molecule has 0 bridgehead atoms. The van der Waals surface area contributed by atoms with E-state index in [2.05, 4.69) is 30.0 Å². The van der Waals surface area contributed by atoms with Gasteiger partial charge < -0.3 is 15.2 Å². The number of aliphatic hydroxyl groups excluding tert-OH is 1. The number of sulfonamides is 1. The highest BCUT2D eigenvalue weighted by atomic mass is 32.2. The van der Waals surface area contributed by atoms with E-state index < -0.39 is 10.0 Å². The van der Waals surface area contributed by atoms with Crippen molar-refractivity contribution in [3.8, 4) is 5.88 Å². The van der Waals surface area contributed by atoms with Crippen LogP contribution in [-0.2, 0) is 16.4 Å². The van der Waals surface area contributed by atoms with Crippen LogP contribution in [0.2, 0.25) is 0 Å². The van der Waals surface area contributed by atoms with Crippen LogP contribution in [0, 0.1) is 5.92 Å². The van der Waals surface area contributed by atoms with Gasteiger partial charge in [-0.1, -0.05) is 26.8 Å². The summed E-state index contributed by atoms with van der Waals surface area (Å²) >= 11 is 0. The highest BCUT2D eigenvalue weighted by Crippen LogP contribution is 2.26. The number of hydrogen-bond acceptors (Lipinski definition) is 9. The molecule has 3 N–H and O–H groups in total. The third-order valence-electron chi connectivity index (χ3n) is 4.28. The van der Waals surface area contributed by atoms with Gasteiger partial charge in [-0.25, -0.2) is 13.4 Å². The molecule has 2 atom stereocenters. The zero-order valence-electron chi connectivity index (χ0n) is 18.0. The smallest absolute Gasteiger partial charge is 0.241 e. The number of hydrogen-bond donors (Lipinski definition) is 3. The second-order valence-electron chi connectivity index (χ2n) is 7.63. The number of nitrogens with one attached hydrogen (secondary N) is 2. The van der Waals surface area contributed by atoms with Crippen LogP contribution < -0.4 is 14.8 Å². The van der Waals surface area contributed by atoms with E-state index in [1.54, 1.807) is 13.3 Å². The first-order valence-electron chi connectivity index (χ1n) is 9.70. The van der Waals surface area contributed by atoms with E-state index in [4.69, 9.17) is 4.74 Å². The summed E-state index contributed by atoms with van der Waals surface area (Å²) in [6.07, 6.45) is 3.79. The van der Waals surface area contributed by atoms with Crippen molar-refractivity contribution in [2.24, 2.45) is 5.92 Å². The number of aliphatic hydroxyl groups is 1. The average molecular weight is 439 g/mol. The number of ether oxygens (including phenoxy) is 1. The van der Waals surface area contributed by atoms with Crippen molar-refractivity contribution in [1.82, 2.24) is 19.9 Å². The topological polar surface area (TPSA) is 139 Å². The van der Waals surface area contributed by atoms with Gasteiger partial charge in [-0.2, -0.15) is 15.0 Å². The molecule has 0 unspecified atom stereocenters. The fraction of sp³-hybridized carbons (Fsp3) is 0.579. The first-order valence-corrected chi connectivity index (χ1v) is 11.6. The summed E-state index contributed by atoms with van der Waals surface area (Å²) < 4.78 is 31.0. The molecule has 30 heavy (non-hydrogen) atoms. The number of aromatic nitrogens is 4. The van der Waals surface area contributed by atoms with Crippen molar-refractivity contribution in [1.29, 1.82) is 0 Å². The molecule has 0 aliphatic carbocycles. The summed E-state index contributed by atoms with van der Waals surface area (Å²) in [4.78, 5) is 17.1. The van der Waals surface area contributed by atoms with Crippen LogP contribution in [0.4, 0.5) is 11.9 Å². The minimum absolute atomic E-state index is 0.0423. The lowest BCUT2D eigenvalue weighted by Gasteiger charge is -2.19. The summed E-state index contributed by atoms with van der Waals surface area (Å²) in [5.74, 6) is 1.36. The first-order chi connectivity index (χ1) is 14.1. The third kappa shape index (κ3) is 7.38. The van der Waals surface area contributed by atoms with Gasteiger partial charge in [-0.05, 0) is 24.3 Å². The van der Waals surface area contributed by atoms with Gasteiger partial charge in [-0.15, -0.1) is 0 Å². The van der Waals surface area contributed by atoms with Crippen LogP contribution in [0.25, 0.3) is 0 Å². The molecule has 0 aliphatic rings. The van der Waals surface area contributed by atoms with E-state index in [-0.39, 0.29) is 30.5 Å². The summed E-state index contributed by atoms with van der Waals surface area (Å²) in [6.45, 7) is 5.97. The molecule has 0 fully saturated rings. The number of anilines is 2. The van der Waals surface area contributed by atoms with E-state index in [1.807, 2.05) is 32.9 Å². The van der Waals surface area contributed by atoms with Gasteiger partial charge in [-0.3, -0.25) is 4.72 Å². The van der Waals surface area contributed by atoms with Gasteiger partial charge in [0.05, 0.1) is 26.0 Å². The summed E-state index contributed by atoms with van der Waals surface area (Å²) in [5, 5.41) is 12.7. The largest absolute Gasteiger partial charge is 0.481 e. The predicted octanol–water partition coefficient (Wildman–Crippen LogP) is 1.81. The van der Waals surface area contributed by atoms with E-state index in [0.717, 1.165) is 11.8 Å². The quantitative estimate of drug-likeness (QED) is 0.479. The maximum Gasteiger partial charge on any atom is 0.241 e. The van der Waals surface area contributed by atoms with Gasteiger partial charge in [0, 0.05) is 18.2 Å². The highest BCUT2D eigenvalue weighted by Gasteiger charge is 2.18. The lowest BCUT2D eigenvalue weighted by Crippen LogP contribution is -2.27. The number of pyridine rings is 1. The maximum absolute atomic E-state index is 11.7. The van der Waals surface area contributed by atoms with Crippen LogP contribution in [0.3, 0.4) is 0 Å². The number of methoxy groups -OCH3 is 1. The molecule has 2 rings (SSSR count). The Hall–Kier alpha value is -2.53. The molecular formula is C19H30N6O4S. The van der Waals surface area contributed by atoms with Gasteiger partial charge in [0.1, 0.15) is 5.82 Å². The van der Waals surface area contributed by atoms with Crippen LogP contribution >= 0.6 is 0 Å². The monoisotopic (exact) mass is 438 g/mol. The number of rotatable bonds is 11. The van der Waals surface area contributed by atoms with Crippen molar-refractivity contribution in [2.45, 2.75) is 45.6 Å². The third-order valence-corrected chi connectivity index (χ3v) is 4.83. The molecule has 0 aromatic carbocycles. The van der Waals surface area contributed by atoms with Gasteiger partial charge in [0.15, 0.2) is 0 Å². The molecule has 0 saturated carbocycles. The van der Waals surface area contributed by atoms with Crippen molar-refractivity contribution in [3.63, 3.8) is 0 Å². The van der Waals surface area contributed by atoms with Crippen LogP contribution in [-0.4, -0.2) is 59.5 Å². The lowest BCUT2D eigenvalue weighted by molar-refractivity contribution is 0.259. The standard InChI is InChI=1S/C19H30N6O4S/c1-12(2)9-14(11-26)21-18-22-16(23-19(24-18)25-30(5,27)28)10-13(3)15-7-6-8-20-17(15)29-4/h6-8,12-14,26H,9-11H2,1-5H3,(H2,21,22,23,24,25)/t13-,14+/m0/s1. The Morgan fingerprint density at radius 1 is 1.17 bits per heavy atom. The number of nitrogens with zero attached hydrogens (tertiary/aromatic N) is 4. The van der Waals surface area contributed by atoms with Gasteiger partial charge in [0.25, 0.3) is 0 Å². The molecule has 2 aromatic heterocycles. The normalized spacial score (nSPS) is 13.7. The molecule has 2 aromatic rings. The Morgan fingerprint density at radius 2 is 1.87 bits per heavy atom. The van der Waals surface area contributed by atoms with Crippen molar-refractivity contribution in [2.75, 3.05) is 30.0 Å². The molecule has 11 heteroatoms. The Labute approximate surface area is 177 Å². The predicted molar refractivity (Wildman–Crippen MR) is 115 cm³/mol. The Bertz CT molecular complexity index is 938. The first kappa shape index (κ1) is 23.7. The fourth-order valence-corrected chi connectivity index (χ4v) is 3.47. The summed E-state index contributed by atoms with van der Waals surface area (Å²) in [7, 11) is -2.01. The second kappa shape index (κ2) is 10.5. The molecular weight excluding hydrogens is 408 g/mol. The van der Waals surface area contributed by atoms with E-state index in [0.29, 0.717) is 30.5 Å². The molecule has 2 heterocycles. The lowest BCUT2D eigenvalue weighted by atomic mass is 9.98. The van der Waals surface area contributed by atoms with Crippen molar-refractivity contribution < 1.29 is 18.3 Å². The Morgan fingerprint density at radius 3 is 2.47 bits per heavy atom. The molecule has 166 valence electrons. The molecule has 0 radical (unpaired) electrons. The summed E-state index contributed by atoms with van der Waals surface area (Å²) in [5.41, 5.74) is 0.889. The fourth-order valence-electron chi connectivity index (χ4n) is 3.05. The SMILES string of the molecule is COc1ncccc1[C@@H](C)Cc1nc(N[C@@H](CO)CC(C)C)nc(NS(C)(=O)=O)n1. The summed E-state index contributed by atoms with van der Waals surface area (Å²) in [6, 6.07) is 3.47. The van der Waals surface area contributed by atoms with Crippen LogP contribution in [0.15, 0.2) is 18.3 Å². The van der Waals surface area contributed by atoms with E-state index in [9.17, 15) is 13.5 Å². The second-order valence-corrected chi connectivity index (χ2v) is 9.38. The molecule has 0 spiro atoms. The van der Waals surface area contributed by atoms with Gasteiger partial charge >= 0.3 is 0 Å². The van der Waals surface area contributed by atoms with Crippen molar-refractivity contribution >= 4 is 21.9 Å². The maximum atomic E-state index is 11.7. The zero-order valence-corrected chi connectivity index (χ0v) is 18.8. The average Bonchev–Trinajstić information content (AvgIpc) is 2.65. The zero-order chi connectivity index (χ0) is 22.3. The molecule has 0 amide bonds. The molecule has 0 saturated heterocycles. The highest BCUT2D eigenvalue weighted by molar-refractivity contribution is 7.91. The van der Waals surface area contributed by atoms with Crippen LogP contribution in [0.5, 0.6) is 5.88 Å². The van der Waals surface area contributed by atoms with E-state index >= 15 is 0 Å². The Balaban J connectivity index is 2.33. The minimum Gasteiger partial charge on any atom is -0.481 e. The Kier molecular flexibility index (Phi) is 8.30.